The van der Waals surface area contributed by atoms with Crippen LogP contribution in [0.5, 0.6) is 0 Å². The van der Waals surface area contributed by atoms with Gasteiger partial charge in [-0.25, -0.2) is 14.6 Å². The van der Waals surface area contributed by atoms with E-state index in [1.807, 2.05) is 0 Å². The Morgan fingerprint density at radius 2 is 2.00 bits per heavy atom. The molecule has 0 unspecified atom stereocenters. The molecule has 0 radical (unpaired) electrons. The SMILES string of the molecule is O=C(Nc1ccc(Cl)c(Br)c1)Nc1cccnc1C(=O)O. The van der Waals surface area contributed by atoms with Crippen molar-refractivity contribution in [3.8, 4) is 0 Å². The Hall–Kier alpha value is -2.12. The maximum absolute atomic E-state index is 11.9. The quantitative estimate of drug-likeness (QED) is 0.765. The van der Waals surface area contributed by atoms with Crippen LogP contribution in [-0.4, -0.2) is 22.1 Å². The van der Waals surface area contributed by atoms with Crippen molar-refractivity contribution in [2.45, 2.75) is 0 Å². The first-order chi connectivity index (χ1) is 9.97. The fraction of sp³-hybridized carbons (Fsp3) is 0. The van der Waals surface area contributed by atoms with Gasteiger partial charge in [-0.15, -0.1) is 0 Å². The summed E-state index contributed by atoms with van der Waals surface area (Å²) >= 11 is 9.10. The molecule has 0 bridgehead atoms. The van der Waals surface area contributed by atoms with Gasteiger partial charge in [-0.3, -0.25) is 0 Å². The molecule has 0 atom stereocenters. The number of halogens is 2. The van der Waals surface area contributed by atoms with E-state index in [2.05, 4.69) is 31.5 Å². The number of hydrogen-bond donors (Lipinski definition) is 3. The molecule has 8 heteroatoms. The molecule has 1 heterocycles. The number of benzene rings is 1. The Morgan fingerprint density at radius 1 is 1.24 bits per heavy atom. The molecular formula is C13H9BrClN3O3. The van der Waals surface area contributed by atoms with E-state index in [0.29, 0.717) is 15.2 Å². The summed E-state index contributed by atoms with van der Waals surface area (Å²) in [7, 11) is 0. The molecule has 0 aliphatic rings. The number of aromatic nitrogens is 1. The standard InChI is InChI=1S/C13H9BrClN3O3/c14-8-6-7(3-4-9(8)15)17-13(21)18-10-2-1-5-16-11(10)12(19)20/h1-6H,(H,19,20)(H2,17,18,21). The lowest BCUT2D eigenvalue weighted by atomic mass is 10.3. The molecule has 1 aromatic carbocycles. The van der Waals surface area contributed by atoms with Gasteiger partial charge in [0, 0.05) is 16.4 Å². The fourth-order valence-corrected chi connectivity index (χ4v) is 2.03. The molecule has 2 amide bonds. The highest BCUT2D eigenvalue weighted by atomic mass is 79.9. The number of amides is 2. The Balaban J connectivity index is 2.12. The molecule has 3 N–H and O–H groups in total. The van der Waals surface area contributed by atoms with Crippen LogP contribution < -0.4 is 10.6 Å². The first-order valence-electron chi connectivity index (χ1n) is 5.69. The van der Waals surface area contributed by atoms with Gasteiger partial charge < -0.3 is 15.7 Å². The van der Waals surface area contributed by atoms with Crippen LogP contribution in [0.1, 0.15) is 10.5 Å². The third-order valence-electron chi connectivity index (χ3n) is 2.44. The highest BCUT2D eigenvalue weighted by Crippen LogP contribution is 2.25. The third kappa shape index (κ3) is 3.93. The van der Waals surface area contributed by atoms with E-state index in [-0.39, 0.29) is 11.4 Å². The molecule has 108 valence electrons. The monoisotopic (exact) mass is 369 g/mol. The highest BCUT2D eigenvalue weighted by Gasteiger charge is 2.13. The van der Waals surface area contributed by atoms with Crippen molar-refractivity contribution in [3.63, 3.8) is 0 Å². The second-order valence-electron chi connectivity index (χ2n) is 3.91. The molecule has 21 heavy (non-hydrogen) atoms. The minimum Gasteiger partial charge on any atom is -0.476 e. The Labute approximate surface area is 133 Å². The Bertz CT molecular complexity index is 709. The number of carbonyl (C=O) groups is 2. The van der Waals surface area contributed by atoms with Gasteiger partial charge in [-0.2, -0.15) is 0 Å². The number of urea groups is 1. The number of carbonyl (C=O) groups excluding carboxylic acids is 1. The molecule has 2 aromatic rings. The van der Waals surface area contributed by atoms with Crippen LogP contribution in [-0.2, 0) is 0 Å². The number of hydrogen-bond acceptors (Lipinski definition) is 3. The van der Waals surface area contributed by atoms with Gasteiger partial charge >= 0.3 is 12.0 Å². The smallest absolute Gasteiger partial charge is 0.356 e. The van der Waals surface area contributed by atoms with E-state index in [1.54, 1.807) is 18.2 Å². The zero-order valence-corrected chi connectivity index (χ0v) is 12.8. The molecule has 1 aromatic heterocycles. The number of nitrogens with zero attached hydrogens (tertiary/aromatic N) is 1. The average molecular weight is 371 g/mol. The molecule has 0 aliphatic heterocycles. The molecule has 0 aliphatic carbocycles. The Morgan fingerprint density at radius 3 is 2.67 bits per heavy atom. The van der Waals surface area contributed by atoms with Crippen molar-refractivity contribution < 1.29 is 14.7 Å². The number of carboxylic acids is 1. The molecule has 0 saturated carbocycles. The second kappa shape index (κ2) is 6.55. The number of pyridine rings is 1. The topological polar surface area (TPSA) is 91.3 Å². The van der Waals surface area contributed by atoms with Crippen LogP contribution in [0.3, 0.4) is 0 Å². The van der Waals surface area contributed by atoms with Gasteiger partial charge in [-0.05, 0) is 46.3 Å². The summed E-state index contributed by atoms with van der Waals surface area (Å²) < 4.78 is 0.634. The minimum absolute atomic E-state index is 0.107. The van der Waals surface area contributed by atoms with Crippen LogP contribution in [0.4, 0.5) is 16.2 Å². The number of anilines is 2. The van der Waals surface area contributed by atoms with Crippen LogP contribution in [0.15, 0.2) is 41.0 Å². The third-order valence-corrected chi connectivity index (χ3v) is 3.65. The van der Waals surface area contributed by atoms with Gasteiger partial charge in [0.25, 0.3) is 0 Å². The lowest BCUT2D eigenvalue weighted by Gasteiger charge is -2.09. The van der Waals surface area contributed by atoms with E-state index in [1.165, 1.54) is 18.3 Å². The largest absolute Gasteiger partial charge is 0.476 e. The van der Waals surface area contributed by atoms with Crippen LogP contribution >= 0.6 is 27.5 Å². The second-order valence-corrected chi connectivity index (χ2v) is 5.17. The van der Waals surface area contributed by atoms with Crippen molar-refractivity contribution >= 4 is 50.9 Å². The van der Waals surface area contributed by atoms with Crippen molar-refractivity contribution in [1.29, 1.82) is 0 Å². The van der Waals surface area contributed by atoms with E-state index in [4.69, 9.17) is 16.7 Å². The number of carboxylic acid groups (broad SMARTS) is 1. The summed E-state index contributed by atoms with van der Waals surface area (Å²) in [5.74, 6) is -1.22. The lowest BCUT2D eigenvalue weighted by molar-refractivity contribution is 0.0692. The zero-order chi connectivity index (χ0) is 15.4. The summed E-state index contributed by atoms with van der Waals surface area (Å²) in [4.78, 5) is 26.5. The molecule has 0 fully saturated rings. The molecule has 0 saturated heterocycles. The highest BCUT2D eigenvalue weighted by molar-refractivity contribution is 9.10. The summed E-state index contributed by atoms with van der Waals surface area (Å²) in [6.07, 6.45) is 1.34. The van der Waals surface area contributed by atoms with Crippen molar-refractivity contribution in [3.05, 3.63) is 51.7 Å². The molecule has 0 spiro atoms. The number of nitrogens with one attached hydrogen (secondary N) is 2. The minimum atomic E-state index is -1.22. The van der Waals surface area contributed by atoms with Crippen LogP contribution in [0.2, 0.25) is 5.02 Å². The fourth-order valence-electron chi connectivity index (χ4n) is 1.54. The van der Waals surface area contributed by atoms with Crippen LogP contribution in [0.25, 0.3) is 0 Å². The maximum atomic E-state index is 11.9. The van der Waals surface area contributed by atoms with Crippen molar-refractivity contribution in [1.82, 2.24) is 4.98 Å². The van der Waals surface area contributed by atoms with E-state index in [0.717, 1.165) is 0 Å². The van der Waals surface area contributed by atoms with Crippen LogP contribution in [0, 0.1) is 0 Å². The molecule has 6 nitrogen and oxygen atoms in total. The van der Waals surface area contributed by atoms with Gasteiger partial charge in [0.15, 0.2) is 5.69 Å². The summed E-state index contributed by atoms with van der Waals surface area (Å²) in [5, 5.41) is 14.5. The number of rotatable bonds is 3. The normalized spacial score (nSPS) is 10.0. The van der Waals surface area contributed by atoms with Gasteiger partial charge in [0.2, 0.25) is 0 Å². The van der Waals surface area contributed by atoms with Crippen molar-refractivity contribution in [2.75, 3.05) is 10.6 Å². The van der Waals surface area contributed by atoms with Crippen molar-refractivity contribution in [2.24, 2.45) is 0 Å². The maximum Gasteiger partial charge on any atom is 0.356 e. The predicted molar refractivity (Wildman–Crippen MR) is 83.0 cm³/mol. The van der Waals surface area contributed by atoms with Gasteiger partial charge in [0.1, 0.15) is 0 Å². The van der Waals surface area contributed by atoms with Gasteiger partial charge in [0.05, 0.1) is 10.7 Å². The zero-order valence-electron chi connectivity index (χ0n) is 10.4. The Kier molecular flexibility index (Phi) is 4.77. The summed E-state index contributed by atoms with van der Waals surface area (Å²) in [6, 6.07) is 7.26. The van der Waals surface area contributed by atoms with E-state index >= 15 is 0 Å². The number of aromatic carboxylic acids is 1. The summed E-state index contributed by atoms with van der Waals surface area (Å²) in [6.45, 7) is 0. The van der Waals surface area contributed by atoms with E-state index < -0.39 is 12.0 Å². The molecular weight excluding hydrogens is 362 g/mol. The first kappa shape index (κ1) is 15.3. The van der Waals surface area contributed by atoms with E-state index in [9.17, 15) is 9.59 Å². The average Bonchev–Trinajstić information content (AvgIpc) is 2.43. The lowest BCUT2D eigenvalue weighted by Crippen LogP contribution is -2.21. The molecule has 2 rings (SSSR count). The van der Waals surface area contributed by atoms with Gasteiger partial charge in [-0.1, -0.05) is 11.6 Å². The summed E-state index contributed by atoms with van der Waals surface area (Å²) in [5.41, 5.74) is 0.380. The predicted octanol–water partition coefficient (Wildman–Crippen LogP) is 3.84. The first-order valence-corrected chi connectivity index (χ1v) is 6.86.